The first-order valence-electron chi connectivity index (χ1n) is 9.32. The van der Waals surface area contributed by atoms with Crippen LogP contribution >= 0.6 is 0 Å². The van der Waals surface area contributed by atoms with Crippen LogP contribution in [0.3, 0.4) is 0 Å². The van der Waals surface area contributed by atoms with E-state index in [9.17, 15) is 10.1 Å². The first-order valence-corrected chi connectivity index (χ1v) is 9.32. The number of hydrogen-bond donors (Lipinski definition) is 0. The van der Waals surface area contributed by atoms with Crippen molar-refractivity contribution in [2.24, 2.45) is 0 Å². The van der Waals surface area contributed by atoms with E-state index in [0.717, 1.165) is 16.5 Å². The Hall–Kier alpha value is -4.08. The molecule has 0 fully saturated rings. The molecule has 0 radical (unpaired) electrons. The Morgan fingerprint density at radius 1 is 0.862 bits per heavy atom. The van der Waals surface area contributed by atoms with Gasteiger partial charge in [0, 0.05) is 16.9 Å². The molecule has 0 aliphatic heterocycles. The first kappa shape index (κ1) is 18.3. The second-order valence-electron chi connectivity index (χ2n) is 6.65. The molecule has 0 aliphatic carbocycles. The van der Waals surface area contributed by atoms with E-state index in [4.69, 9.17) is 4.42 Å². The van der Waals surface area contributed by atoms with Crippen molar-refractivity contribution >= 4 is 11.0 Å². The van der Waals surface area contributed by atoms with Gasteiger partial charge in [-0.25, -0.2) is 4.79 Å². The van der Waals surface area contributed by atoms with Crippen LogP contribution in [-0.2, 0) is 6.42 Å². The maximum Gasteiger partial charge on any atom is 0.354 e. The van der Waals surface area contributed by atoms with Gasteiger partial charge in [0.25, 0.3) is 0 Å². The van der Waals surface area contributed by atoms with Crippen LogP contribution in [-0.4, -0.2) is 0 Å². The van der Waals surface area contributed by atoms with Crippen LogP contribution in [0.1, 0.15) is 28.2 Å². The van der Waals surface area contributed by atoms with Crippen LogP contribution < -0.4 is 5.63 Å². The minimum absolute atomic E-state index is 0.0474. The van der Waals surface area contributed by atoms with Gasteiger partial charge in [0.05, 0.1) is 0 Å². The van der Waals surface area contributed by atoms with Gasteiger partial charge >= 0.3 is 5.63 Å². The molecule has 1 aromatic heterocycles. The molecule has 4 rings (SSSR count). The second kappa shape index (κ2) is 8.30. The molecule has 0 bridgehead atoms. The van der Waals surface area contributed by atoms with Crippen LogP contribution in [0.25, 0.3) is 11.0 Å². The van der Waals surface area contributed by atoms with Gasteiger partial charge in [-0.2, -0.15) is 5.26 Å². The summed E-state index contributed by atoms with van der Waals surface area (Å²) in [4.78, 5) is 12.4. The van der Waals surface area contributed by atoms with E-state index in [-0.39, 0.29) is 11.5 Å². The van der Waals surface area contributed by atoms with Gasteiger partial charge in [0.1, 0.15) is 17.2 Å². The molecule has 138 valence electrons. The van der Waals surface area contributed by atoms with E-state index >= 15 is 0 Å². The fourth-order valence-electron chi connectivity index (χ4n) is 3.37. The Labute approximate surface area is 168 Å². The zero-order valence-corrected chi connectivity index (χ0v) is 15.6. The molecule has 0 unspecified atom stereocenters. The SMILES string of the molecule is N#Cc1c(C[C@H](C#Cc2ccccc2)c2ccccc2)c2ccccc2oc1=O. The monoisotopic (exact) mass is 375 g/mol. The van der Waals surface area contributed by atoms with E-state index < -0.39 is 5.63 Å². The Bertz CT molecular complexity index is 1300. The molecule has 1 atom stereocenters. The number of nitriles is 1. The normalized spacial score (nSPS) is 11.3. The molecule has 0 N–H and O–H groups in total. The Balaban J connectivity index is 1.85. The van der Waals surface area contributed by atoms with Crippen molar-refractivity contribution in [1.82, 2.24) is 0 Å². The summed E-state index contributed by atoms with van der Waals surface area (Å²) >= 11 is 0. The summed E-state index contributed by atoms with van der Waals surface area (Å²) in [5.74, 6) is 6.40. The molecule has 0 amide bonds. The number of hydrogen-bond acceptors (Lipinski definition) is 3. The van der Waals surface area contributed by atoms with Crippen molar-refractivity contribution < 1.29 is 4.42 Å². The fourth-order valence-corrected chi connectivity index (χ4v) is 3.37. The molecule has 3 nitrogen and oxygen atoms in total. The lowest BCUT2D eigenvalue weighted by Gasteiger charge is -2.14. The predicted molar refractivity (Wildman–Crippen MR) is 113 cm³/mol. The van der Waals surface area contributed by atoms with Crippen molar-refractivity contribution in [3.05, 3.63) is 118 Å². The number of benzene rings is 3. The predicted octanol–water partition coefficient (Wildman–Crippen LogP) is 5.04. The van der Waals surface area contributed by atoms with Crippen molar-refractivity contribution in [3.63, 3.8) is 0 Å². The van der Waals surface area contributed by atoms with Gasteiger partial charge in [-0.05, 0) is 35.7 Å². The van der Waals surface area contributed by atoms with Crippen LogP contribution in [0.2, 0.25) is 0 Å². The lowest BCUT2D eigenvalue weighted by Crippen LogP contribution is -2.12. The lowest BCUT2D eigenvalue weighted by atomic mass is 9.89. The molecule has 29 heavy (non-hydrogen) atoms. The van der Waals surface area contributed by atoms with Crippen LogP contribution in [0.4, 0.5) is 0 Å². The van der Waals surface area contributed by atoms with Gasteiger partial charge in [-0.1, -0.05) is 78.6 Å². The summed E-state index contributed by atoms with van der Waals surface area (Å²) in [5, 5.41) is 10.4. The summed E-state index contributed by atoms with van der Waals surface area (Å²) in [5.41, 5.74) is 2.56. The summed E-state index contributed by atoms with van der Waals surface area (Å²) < 4.78 is 5.33. The second-order valence-corrected chi connectivity index (χ2v) is 6.65. The Kier molecular flexibility index (Phi) is 5.23. The zero-order chi connectivity index (χ0) is 20.1. The number of fused-ring (bicyclic) bond motifs is 1. The summed E-state index contributed by atoms with van der Waals surface area (Å²) in [6.45, 7) is 0. The Morgan fingerprint density at radius 2 is 1.52 bits per heavy atom. The van der Waals surface area contributed by atoms with Crippen molar-refractivity contribution in [1.29, 1.82) is 5.26 Å². The van der Waals surface area contributed by atoms with E-state index in [1.165, 1.54) is 0 Å². The van der Waals surface area contributed by atoms with Crippen LogP contribution in [0.15, 0.2) is 94.1 Å². The molecule has 0 aliphatic rings. The van der Waals surface area contributed by atoms with Crippen molar-refractivity contribution in [2.75, 3.05) is 0 Å². The average Bonchev–Trinajstić information content (AvgIpc) is 2.77. The minimum Gasteiger partial charge on any atom is -0.422 e. The van der Waals surface area contributed by atoms with Gasteiger partial charge in [0.15, 0.2) is 0 Å². The van der Waals surface area contributed by atoms with E-state index in [1.54, 1.807) is 6.07 Å². The number of rotatable bonds is 3. The Morgan fingerprint density at radius 3 is 2.24 bits per heavy atom. The largest absolute Gasteiger partial charge is 0.422 e. The van der Waals surface area contributed by atoms with Gasteiger partial charge in [-0.15, -0.1) is 0 Å². The molecule has 4 aromatic rings. The van der Waals surface area contributed by atoms with Gasteiger partial charge < -0.3 is 4.42 Å². The van der Waals surface area contributed by atoms with Crippen LogP contribution in [0, 0.1) is 23.2 Å². The molecule has 1 heterocycles. The standard InChI is InChI=1S/C26H17NO2/c27-18-24-23(22-13-7-8-14-25(22)29-26(24)28)17-21(20-11-5-2-6-12-20)16-15-19-9-3-1-4-10-19/h1-14,21H,17H2/t21-/m0/s1. The smallest absolute Gasteiger partial charge is 0.354 e. The highest BCUT2D eigenvalue weighted by atomic mass is 16.4. The molecular formula is C26H17NO2. The third-order valence-corrected chi connectivity index (χ3v) is 4.81. The lowest BCUT2D eigenvalue weighted by molar-refractivity contribution is 0.555. The molecular weight excluding hydrogens is 358 g/mol. The van der Waals surface area contributed by atoms with Gasteiger partial charge in [-0.3, -0.25) is 0 Å². The maximum atomic E-state index is 12.4. The summed E-state index contributed by atoms with van der Waals surface area (Å²) in [6, 6.07) is 29.0. The molecule has 0 saturated carbocycles. The van der Waals surface area contributed by atoms with Crippen LogP contribution in [0.5, 0.6) is 0 Å². The summed E-state index contributed by atoms with van der Waals surface area (Å²) in [7, 11) is 0. The number of nitrogens with zero attached hydrogens (tertiary/aromatic N) is 1. The molecule has 3 aromatic carbocycles. The minimum atomic E-state index is -0.607. The van der Waals surface area contributed by atoms with Gasteiger partial charge in [0.2, 0.25) is 0 Å². The molecule has 3 heteroatoms. The first-order chi connectivity index (χ1) is 14.3. The third kappa shape index (κ3) is 3.95. The zero-order valence-electron chi connectivity index (χ0n) is 15.6. The quantitative estimate of drug-likeness (QED) is 0.372. The van der Waals surface area contributed by atoms with Crippen molar-refractivity contribution in [3.8, 4) is 17.9 Å². The topological polar surface area (TPSA) is 54.0 Å². The fraction of sp³-hybridized carbons (Fsp3) is 0.0769. The van der Waals surface area contributed by atoms with E-state index in [1.807, 2.05) is 84.9 Å². The highest BCUT2D eigenvalue weighted by Gasteiger charge is 2.19. The highest BCUT2D eigenvalue weighted by molar-refractivity contribution is 5.82. The maximum absolute atomic E-state index is 12.4. The summed E-state index contributed by atoms with van der Waals surface area (Å²) in [6.07, 6.45) is 0.443. The molecule has 0 spiro atoms. The average molecular weight is 375 g/mol. The van der Waals surface area contributed by atoms with E-state index in [0.29, 0.717) is 17.6 Å². The number of para-hydroxylation sites is 1. The van der Waals surface area contributed by atoms with E-state index in [2.05, 4.69) is 11.8 Å². The third-order valence-electron chi connectivity index (χ3n) is 4.81. The highest BCUT2D eigenvalue weighted by Crippen LogP contribution is 2.27. The van der Waals surface area contributed by atoms with Crippen molar-refractivity contribution in [2.45, 2.75) is 12.3 Å². The molecule has 0 saturated heterocycles.